The Labute approximate surface area is 143 Å². The van der Waals surface area contributed by atoms with Crippen LogP contribution in [0.4, 0.5) is 0 Å². The summed E-state index contributed by atoms with van der Waals surface area (Å²) in [5.74, 6) is 0. The van der Waals surface area contributed by atoms with E-state index in [0.717, 1.165) is 31.7 Å². The number of piperazine rings is 1. The number of benzene rings is 1. The molecule has 120 valence electrons. The molecule has 0 radical (unpaired) electrons. The molecule has 3 nitrogen and oxygen atoms in total. The standard InChI is InChI=1S/C15H22Cl2N2O.ClH/c1-15(2,10-20)14(19-8-6-18-7-9-19)13-11(16)4-3-5-12(13)17;/h3-5,14,18,20H,6-10H2,1-2H3;1H/t14-;/m1./s1. The summed E-state index contributed by atoms with van der Waals surface area (Å²) in [5, 5.41) is 14.5. The summed E-state index contributed by atoms with van der Waals surface area (Å²) in [6.07, 6.45) is 0. The molecule has 1 atom stereocenters. The highest BCUT2D eigenvalue weighted by Crippen LogP contribution is 2.44. The van der Waals surface area contributed by atoms with Gasteiger partial charge in [-0.05, 0) is 12.1 Å². The van der Waals surface area contributed by atoms with Crippen LogP contribution in [0.3, 0.4) is 0 Å². The van der Waals surface area contributed by atoms with Gasteiger partial charge in [-0.3, -0.25) is 4.90 Å². The molecule has 2 N–H and O–H groups in total. The van der Waals surface area contributed by atoms with Crippen molar-refractivity contribution in [2.75, 3.05) is 32.8 Å². The van der Waals surface area contributed by atoms with E-state index in [1.165, 1.54) is 0 Å². The zero-order valence-electron chi connectivity index (χ0n) is 12.4. The molecule has 1 saturated heterocycles. The van der Waals surface area contributed by atoms with E-state index in [1.54, 1.807) is 0 Å². The first-order chi connectivity index (χ1) is 9.47. The van der Waals surface area contributed by atoms with Gasteiger partial charge in [0, 0.05) is 59.9 Å². The molecule has 1 aromatic rings. The molecule has 21 heavy (non-hydrogen) atoms. The largest absolute Gasteiger partial charge is 0.396 e. The van der Waals surface area contributed by atoms with Gasteiger partial charge in [-0.25, -0.2) is 0 Å². The Bertz CT molecular complexity index is 442. The fourth-order valence-electron chi connectivity index (χ4n) is 2.87. The highest BCUT2D eigenvalue weighted by molar-refractivity contribution is 6.36. The van der Waals surface area contributed by atoms with E-state index in [2.05, 4.69) is 24.1 Å². The van der Waals surface area contributed by atoms with Crippen molar-refractivity contribution in [3.05, 3.63) is 33.8 Å². The molecular weight excluding hydrogens is 331 g/mol. The monoisotopic (exact) mass is 352 g/mol. The summed E-state index contributed by atoms with van der Waals surface area (Å²) in [7, 11) is 0. The van der Waals surface area contributed by atoms with Gasteiger partial charge in [-0.1, -0.05) is 43.1 Å². The summed E-state index contributed by atoms with van der Waals surface area (Å²) in [5.41, 5.74) is 0.614. The van der Waals surface area contributed by atoms with E-state index in [0.29, 0.717) is 10.0 Å². The second-order valence-corrected chi connectivity index (χ2v) is 6.78. The Morgan fingerprint density at radius 2 is 1.76 bits per heavy atom. The topological polar surface area (TPSA) is 35.5 Å². The highest BCUT2D eigenvalue weighted by atomic mass is 35.5. The van der Waals surface area contributed by atoms with Crippen molar-refractivity contribution in [2.24, 2.45) is 5.41 Å². The fourth-order valence-corrected chi connectivity index (χ4v) is 3.47. The third-order valence-corrected chi connectivity index (χ3v) is 4.60. The fraction of sp³-hybridized carbons (Fsp3) is 0.600. The summed E-state index contributed by atoms with van der Waals surface area (Å²) in [4.78, 5) is 2.36. The van der Waals surface area contributed by atoms with Crippen LogP contribution < -0.4 is 5.32 Å². The molecule has 0 spiro atoms. The highest BCUT2D eigenvalue weighted by Gasteiger charge is 2.37. The van der Waals surface area contributed by atoms with Crippen LogP contribution in [0.15, 0.2) is 18.2 Å². The molecule has 0 amide bonds. The molecule has 1 aliphatic heterocycles. The van der Waals surface area contributed by atoms with Crippen molar-refractivity contribution in [3.63, 3.8) is 0 Å². The number of nitrogens with zero attached hydrogens (tertiary/aromatic N) is 1. The van der Waals surface area contributed by atoms with Crippen LogP contribution in [0.1, 0.15) is 25.5 Å². The second-order valence-electron chi connectivity index (χ2n) is 5.97. The maximum atomic E-state index is 9.81. The van der Waals surface area contributed by atoms with Gasteiger partial charge < -0.3 is 10.4 Å². The maximum Gasteiger partial charge on any atom is 0.0500 e. The van der Waals surface area contributed by atoms with E-state index in [9.17, 15) is 5.11 Å². The van der Waals surface area contributed by atoms with Gasteiger partial charge >= 0.3 is 0 Å². The molecule has 0 saturated carbocycles. The number of hydrogen-bond acceptors (Lipinski definition) is 3. The zero-order chi connectivity index (χ0) is 14.8. The van der Waals surface area contributed by atoms with E-state index in [1.807, 2.05) is 18.2 Å². The lowest BCUT2D eigenvalue weighted by Crippen LogP contribution is -2.49. The smallest absolute Gasteiger partial charge is 0.0500 e. The van der Waals surface area contributed by atoms with Gasteiger partial charge in [-0.15, -0.1) is 12.4 Å². The van der Waals surface area contributed by atoms with Crippen LogP contribution in [0.5, 0.6) is 0 Å². The second kappa shape index (κ2) is 8.00. The van der Waals surface area contributed by atoms with E-state index < -0.39 is 0 Å². The molecule has 0 aliphatic carbocycles. The predicted molar refractivity (Wildman–Crippen MR) is 91.8 cm³/mol. The summed E-state index contributed by atoms with van der Waals surface area (Å²) >= 11 is 12.8. The molecule has 0 aromatic heterocycles. The Hall–Kier alpha value is -0.0300. The van der Waals surface area contributed by atoms with Gasteiger partial charge in [-0.2, -0.15) is 0 Å². The summed E-state index contributed by atoms with van der Waals surface area (Å²) in [6.45, 7) is 7.94. The number of rotatable bonds is 4. The van der Waals surface area contributed by atoms with E-state index in [4.69, 9.17) is 23.2 Å². The predicted octanol–water partition coefficient (Wildman–Crippen LogP) is 3.38. The van der Waals surface area contributed by atoms with Crippen molar-refractivity contribution in [1.82, 2.24) is 10.2 Å². The van der Waals surface area contributed by atoms with Gasteiger partial charge in [0.25, 0.3) is 0 Å². The molecule has 6 heteroatoms. The third-order valence-electron chi connectivity index (χ3n) is 3.94. The Morgan fingerprint density at radius 1 is 1.24 bits per heavy atom. The van der Waals surface area contributed by atoms with Crippen LogP contribution in [-0.4, -0.2) is 42.8 Å². The minimum atomic E-state index is -0.314. The number of nitrogens with one attached hydrogen (secondary N) is 1. The Kier molecular flexibility index (Phi) is 7.25. The van der Waals surface area contributed by atoms with Gasteiger partial charge in [0.05, 0.1) is 0 Å². The Balaban J connectivity index is 0.00000220. The molecule has 1 aromatic carbocycles. The van der Waals surface area contributed by atoms with Crippen LogP contribution in [0, 0.1) is 5.41 Å². The zero-order valence-corrected chi connectivity index (χ0v) is 14.7. The average molecular weight is 354 g/mol. The van der Waals surface area contributed by atoms with Crippen LogP contribution in [0.25, 0.3) is 0 Å². The van der Waals surface area contributed by atoms with Crippen molar-refractivity contribution in [3.8, 4) is 0 Å². The lowest BCUT2D eigenvalue weighted by molar-refractivity contribution is 0.0306. The molecule has 0 bridgehead atoms. The number of halogens is 3. The Morgan fingerprint density at radius 3 is 2.24 bits per heavy atom. The molecule has 2 rings (SSSR count). The molecule has 1 aliphatic rings. The third kappa shape index (κ3) is 4.25. The van der Waals surface area contributed by atoms with E-state index >= 15 is 0 Å². The first kappa shape index (κ1) is 19.0. The van der Waals surface area contributed by atoms with Crippen LogP contribution >= 0.6 is 35.6 Å². The molecule has 0 unspecified atom stereocenters. The summed E-state index contributed by atoms with van der Waals surface area (Å²) in [6, 6.07) is 5.60. The van der Waals surface area contributed by atoms with Gasteiger partial charge in [0.1, 0.15) is 0 Å². The van der Waals surface area contributed by atoms with Gasteiger partial charge in [0.15, 0.2) is 0 Å². The normalized spacial score (nSPS) is 18.1. The van der Waals surface area contributed by atoms with E-state index in [-0.39, 0.29) is 30.5 Å². The number of hydrogen-bond donors (Lipinski definition) is 2. The van der Waals surface area contributed by atoms with Crippen molar-refractivity contribution < 1.29 is 5.11 Å². The number of aliphatic hydroxyl groups is 1. The first-order valence-corrected chi connectivity index (χ1v) is 7.72. The van der Waals surface area contributed by atoms with Crippen molar-refractivity contribution in [2.45, 2.75) is 19.9 Å². The lowest BCUT2D eigenvalue weighted by Gasteiger charge is -2.44. The van der Waals surface area contributed by atoms with Crippen molar-refractivity contribution in [1.29, 1.82) is 0 Å². The minimum absolute atomic E-state index is 0. The minimum Gasteiger partial charge on any atom is -0.396 e. The summed E-state index contributed by atoms with van der Waals surface area (Å²) < 4.78 is 0. The number of aliphatic hydroxyl groups excluding tert-OH is 1. The molecular formula is C15H23Cl3N2O. The SMILES string of the molecule is CC(C)(CO)[C@@H](c1c(Cl)cccc1Cl)N1CCNCC1.Cl. The quantitative estimate of drug-likeness (QED) is 0.871. The average Bonchev–Trinajstić information content (AvgIpc) is 2.43. The maximum absolute atomic E-state index is 9.81. The first-order valence-electron chi connectivity index (χ1n) is 6.97. The van der Waals surface area contributed by atoms with Crippen LogP contribution in [0.2, 0.25) is 10.0 Å². The van der Waals surface area contributed by atoms with Crippen LogP contribution in [-0.2, 0) is 0 Å². The lowest BCUT2D eigenvalue weighted by atomic mass is 9.79. The van der Waals surface area contributed by atoms with Crippen molar-refractivity contribution >= 4 is 35.6 Å². The molecule has 1 fully saturated rings. The van der Waals surface area contributed by atoms with Gasteiger partial charge in [0.2, 0.25) is 0 Å². The molecule has 1 heterocycles.